The fourth-order valence-electron chi connectivity index (χ4n) is 3.20. The molecule has 1 aromatic carbocycles. The van der Waals surface area contributed by atoms with E-state index in [9.17, 15) is 9.59 Å². The summed E-state index contributed by atoms with van der Waals surface area (Å²) >= 11 is 0. The number of rotatable bonds is 5. The first kappa shape index (κ1) is 16.7. The third-order valence-electron chi connectivity index (χ3n) is 4.71. The average molecular weight is 354 g/mol. The number of aryl methyl sites for hydroxylation is 2. The molecule has 0 bridgehead atoms. The Labute approximate surface area is 150 Å². The molecule has 8 nitrogen and oxygen atoms in total. The molecule has 1 saturated carbocycles. The lowest BCUT2D eigenvalue weighted by Gasteiger charge is -2.16. The molecule has 0 aliphatic heterocycles. The van der Waals surface area contributed by atoms with Crippen LogP contribution in [0.4, 0.5) is 0 Å². The lowest BCUT2D eigenvalue weighted by Crippen LogP contribution is -2.36. The first-order chi connectivity index (χ1) is 12.4. The topological polar surface area (TPSA) is 84.5 Å². The molecule has 2 aromatic heterocycles. The molecule has 1 aliphatic carbocycles. The maximum atomic E-state index is 12.6. The van der Waals surface area contributed by atoms with Gasteiger partial charge in [-0.3, -0.25) is 23.5 Å². The number of amides is 1. The molecule has 0 saturated heterocycles. The molecule has 8 heteroatoms. The SMILES string of the molecule is Cc1ccc2c(c1)c(=O)n(C)c1nnc(CN(C)CC(=O)NC3CC3)n21. The van der Waals surface area contributed by atoms with Crippen LogP contribution in [-0.2, 0) is 18.4 Å². The van der Waals surface area contributed by atoms with Crippen molar-refractivity contribution in [3.63, 3.8) is 0 Å². The minimum atomic E-state index is -0.0904. The quantitative estimate of drug-likeness (QED) is 0.725. The van der Waals surface area contributed by atoms with Crippen molar-refractivity contribution in [2.45, 2.75) is 32.4 Å². The predicted octanol–water partition coefficient (Wildman–Crippen LogP) is 0.600. The average Bonchev–Trinajstić information content (AvgIpc) is 3.30. The lowest BCUT2D eigenvalue weighted by atomic mass is 10.1. The molecule has 2 heterocycles. The van der Waals surface area contributed by atoms with E-state index in [0.717, 1.165) is 23.9 Å². The number of carbonyl (C=O) groups is 1. The molecule has 0 atom stereocenters. The van der Waals surface area contributed by atoms with Gasteiger partial charge in [-0.15, -0.1) is 10.2 Å². The number of fused-ring (bicyclic) bond motifs is 3. The number of hydrogen-bond acceptors (Lipinski definition) is 5. The first-order valence-corrected chi connectivity index (χ1v) is 8.75. The molecule has 26 heavy (non-hydrogen) atoms. The predicted molar refractivity (Wildman–Crippen MR) is 98.0 cm³/mol. The zero-order chi connectivity index (χ0) is 18.4. The Morgan fingerprint density at radius 1 is 1.35 bits per heavy atom. The van der Waals surface area contributed by atoms with Crippen LogP contribution in [-0.4, -0.2) is 49.6 Å². The van der Waals surface area contributed by atoms with Crippen LogP contribution in [0.2, 0.25) is 0 Å². The van der Waals surface area contributed by atoms with Gasteiger partial charge in [-0.25, -0.2) is 0 Å². The molecule has 0 unspecified atom stereocenters. The van der Waals surface area contributed by atoms with Gasteiger partial charge in [0.15, 0.2) is 5.82 Å². The van der Waals surface area contributed by atoms with Crippen molar-refractivity contribution in [3.05, 3.63) is 39.9 Å². The highest BCUT2D eigenvalue weighted by Gasteiger charge is 2.24. The fourth-order valence-corrected chi connectivity index (χ4v) is 3.20. The van der Waals surface area contributed by atoms with E-state index in [1.165, 1.54) is 4.57 Å². The van der Waals surface area contributed by atoms with Gasteiger partial charge < -0.3 is 5.32 Å². The molecule has 1 aliphatic rings. The Kier molecular flexibility index (Phi) is 3.99. The van der Waals surface area contributed by atoms with Gasteiger partial charge in [0.05, 0.1) is 24.0 Å². The second-order valence-electron chi connectivity index (χ2n) is 7.15. The van der Waals surface area contributed by atoms with Crippen molar-refractivity contribution in [2.24, 2.45) is 7.05 Å². The largest absolute Gasteiger partial charge is 0.352 e. The molecule has 3 aromatic rings. The summed E-state index contributed by atoms with van der Waals surface area (Å²) in [4.78, 5) is 26.5. The number of benzene rings is 1. The lowest BCUT2D eigenvalue weighted by molar-refractivity contribution is -0.122. The van der Waals surface area contributed by atoms with Crippen molar-refractivity contribution in [1.29, 1.82) is 0 Å². The van der Waals surface area contributed by atoms with Crippen LogP contribution < -0.4 is 10.9 Å². The van der Waals surface area contributed by atoms with Crippen LogP contribution in [0.1, 0.15) is 24.2 Å². The number of nitrogens with one attached hydrogen (secondary N) is 1. The highest BCUT2D eigenvalue weighted by molar-refractivity contribution is 5.81. The molecule has 0 spiro atoms. The molecule has 136 valence electrons. The maximum Gasteiger partial charge on any atom is 0.262 e. The van der Waals surface area contributed by atoms with Crippen molar-refractivity contribution < 1.29 is 4.79 Å². The van der Waals surface area contributed by atoms with Crippen LogP contribution in [0.25, 0.3) is 16.7 Å². The summed E-state index contributed by atoms with van der Waals surface area (Å²) in [7, 11) is 3.58. The summed E-state index contributed by atoms with van der Waals surface area (Å²) in [5.41, 5.74) is 1.72. The van der Waals surface area contributed by atoms with Gasteiger partial charge in [0.1, 0.15) is 0 Å². The van der Waals surface area contributed by atoms with Crippen LogP contribution in [0.15, 0.2) is 23.0 Å². The van der Waals surface area contributed by atoms with Gasteiger partial charge in [-0.05, 0) is 38.9 Å². The van der Waals surface area contributed by atoms with Crippen molar-refractivity contribution in [2.75, 3.05) is 13.6 Å². The molecule has 1 N–H and O–H groups in total. The van der Waals surface area contributed by atoms with Crippen LogP contribution in [0, 0.1) is 6.92 Å². The van der Waals surface area contributed by atoms with E-state index < -0.39 is 0 Å². The Morgan fingerprint density at radius 3 is 2.85 bits per heavy atom. The van der Waals surface area contributed by atoms with Crippen molar-refractivity contribution >= 4 is 22.6 Å². The summed E-state index contributed by atoms with van der Waals surface area (Å²) in [6.45, 7) is 2.72. The molecular weight excluding hydrogens is 332 g/mol. The second-order valence-corrected chi connectivity index (χ2v) is 7.15. The van der Waals surface area contributed by atoms with E-state index in [4.69, 9.17) is 0 Å². The van der Waals surface area contributed by atoms with Crippen LogP contribution in [0.3, 0.4) is 0 Å². The highest BCUT2D eigenvalue weighted by atomic mass is 16.2. The number of carbonyl (C=O) groups excluding carboxylic acids is 1. The van der Waals surface area contributed by atoms with Gasteiger partial charge in [0.25, 0.3) is 5.56 Å². The summed E-state index contributed by atoms with van der Waals surface area (Å²) < 4.78 is 3.41. The Balaban J connectivity index is 1.70. The van der Waals surface area contributed by atoms with E-state index in [2.05, 4.69) is 15.5 Å². The Hall–Kier alpha value is -2.74. The molecule has 1 amide bonds. The summed E-state index contributed by atoms with van der Waals surface area (Å²) in [5.74, 6) is 1.22. The molecular formula is C18H22N6O2. The minimum absolute atomic E-state index is 0.0247. The second kappa shape index (κ2) is 6.21. The fraction of sp³-hybridized carbons (Fsp3) is 0.444. The van der Waals surface area contributed by atoms with E-state index in [1.54, 1.807) is 7.05 Å². The number of nitrogens with zero attached hydrogens (tertiary/aromatic N) is 5. The van der Waals surface area contributed by atoms with Gasteiger partial charge >= 0.3 is 0 Å². The van der Waals surface area contributed by atoms with Crippen LogP contribution in [0.5, 0.6) is 0 Å². The monoisotopic (exact) mass is 354 g/mol. The number of likely N-dealkylation sites (N-methyl/N-ethyl adjacent to an activating group) is 1. The zero-order valence-corrected chi connectivity index (χ0v) is 15.2. The number of hydrogen-bond donors (Lipinski definition) is 1. The van der Waals surface area contributed by atoms with Gasteiger partial charge in [0, 0.05) is 13.1 Å². The Morgan fingerprint density at radius 2 is 2.12 bits per heavy atom. The normalized spacial score (nSPS) is 14.5. The van der Waals surface area contributed by atoms with Gasteiger partial charge in [-0.1, -0.05) is 11.6 Å². The summed E-state index contributed by atoms with van der Waals surface area (Å²) in [6, 6.07) is 6.13. The van der Waals surface area contributed by atoms with E-state index in [0.29, 0.717) is 36.1 Å². The standard InChI is InChI=1S/C18H22N6O2/c1-11-4-7-14-13(8-11)17(26)23(3)18-21-20-15(24(14)18)9-22(2)10-16(25)19-12-5-6-12/h4,7-8,12H,5-6,9-10H2,1-3H3,(H,19,25). The molecule has 4 rings (SSSR count). The minimum Gasteiger partial charge on any atom is -0.352 e. The third-order valence-corrected chi connectivity index (χ3v) is 4.71. The first-order valence-electron chi connectivity index (χ1n) is 8.75. The van der Waals surface area contributed by atoms with Gasteiger partial charge in [-0.2, -0.15) is 0 Å². The maximum absolute atomic E-state index is 12.6. The van der Waals surface area contributed by atoms with Crippen LogP contribution >= 0.6 is 0 Å². The third kappa shape index (κ3) is 2.96. The highest BCUT2D eigenvalue weighted by Crippen LogP contribution is 2.19. The summed E-state index contributed by atoms with van der Waals surface area (Å²) in [6.07, 6.45) is 2.15. The Bertz CT molecular complexity index is 1060. The van der Waals surface area contributed by atoms with E-state index >= 15 is 0 Å². The molecule has 0 radical (unpaired) electrons. The zero-order valence-electron chi connectivity index (χ0n) is 15.2. The van der Waals surface area contributed by atoms with Crippen molar-refractivity contribution in [1.82, 2.24) is 29.4 Å². The van der Waals surface area contributed by atoms with E-state index in [1.807, 2.05) is 41.5 Å². The smallest absolute Gasteiger partial charge is 0.262 e. The summed E-state index contributed by atoms with van der Waals surface area (Å²) in [5, 5.41) is 12.1. The van der Waals surface area contributed by atoms with Crippen molar-refractivity contribution in [3.8, 4) is 0 Å². The molecule has 1 fully saturated rings. The number of aromatic nitrogens is 4. The van der Waals surface area contributed by atoms with E-state index in [-0.39, 0.29) is 11.5 Å². The van der Waals surface area contributed by atoms with Gasteiger partial charge in [0.2, 0.25) is 11.7 Å².